The number of methoxy groups -OCH3 is 1. The SMILES string of the molecule is COc1cc(C(=O)NCC2CNC2)ccc1C. The molecule has 0 spiro atoms. The van der Waals surface area contributed by atoms with E-state index in [1.807, 2.05) is 19.1 Å². The van der Waals surface area contributed by atoms with Gasteiger partial charge in [0.15, 0.2) is 0 Å². The maximum atomic E-state index is 11.9. The number of rotatable bonds is 4. The minimum Gasteiger partial charge on any atom is -0.496 e. The average molecular weight is 234 g/mol. The molecule has 1 aliphatic rings. The number of ether oxygens (including phenoxy) is 1. The molecule has 1 fully saturated rings. The van der Waals surface area contributed by atoms with Crippen molar-refractivity contribution in [3.05, 3.63) is 29.3 Å². The topological polar surface area (TPSA) is 50.4 Å². The largest absolute Gasteiger partial charge is 0.496 e. The van der Waals surface area contributed by atoms with Crippen LogP contribution in [0.1, 0.15) is 15.9 Å². The highest BCUT2D eigenvalue weighted by Gasteiger charge is 2.17. The van der Waals surface area contributed by atoms with Crippen molar-refractivity contribution in [3.63, 3.8) is 0 Å². The summed E-state index contributed by atoms with van der Waals surface area (Å²) in [6.45, 7) is 4.69. The van der Waals surface area contributed by atoms with Gasteiger partial charge in [-0.05, 0) is 24.6 Å². The van der Waals surface area contributed by atoms with Crippen molar-refractivity contribution in [1.82, 2.24) is 10.6 Å². The number of amides is 1. The van der Waals surface area contributed by atoms with Crippen LogP contribution in [0.2, 0.25) is 0 Å². The maximum Gasteiger partial charge on any atom is 0.251 e. The van der Waals surface area contributed by atoms with Crippen LogP contribution in [0.3, 0.4) is 0 Å². The summed E-state index contributed by atoms with van der Waals surface area (Å²) < 4.78 is 5.20. The van der Waals surface area contributed by atoms with Crippen molar-refractivity contribution in [2.45, 2.75) is 6.92 Å². The molecule has 0 aromatic heterocycles. The lowest BCUT2D eigenvalue weighted by atomic mass is 10.0. The lowest BCUT2D eigenvalue weighted by Crippen LogP contribution is -2.48. The van der Waals surface area contributed by atoms with Gasteiger partial charge >= 0.3 is 0 Å². The summed E-state index contributed by atoms with van der Waals surface area (Å²) in [5, 5.41) is 6.12. The summed E-state index contributed by atoms with van der Waals surface area (Å²) in [5.74, 6) is 1.30. The normalized spacial score (nSPS) is 15.2. The molecule has 2 N–H and O–H groups in total. The Balaban J connectivity index is 1.97. The molecule has 1 saturated heterocycles. The van der Waals surface area contributed by atoms with Crippen molar-refractivity contribution >= 4 is 5.91 Å². The molecule has 92 valence electrons. The number of aryl methyl sites for hydroxylation is 1. The average Bonchev–Trinajstić information content (AvgIpc) is 2.27. The van der Waals surface area contributed by atoms with Gasteiger partial charge in [0.25, 0.3) is 5.91 Å². The van der Waals surface area contributed by atoms with Crippen LogP contribution in [-0.4, -0.2) is 32.7 Å². The number of nitrogens with one attached hydrogen (secondary N) is 2. The Morgan fingerprint density at radius 3 is 2.88 bits per heavy atom. The molecule has 1 heterocycles. The predicted octanol–water partition coefficient (Wildman–Crippen LogP) is 0.953. The van der Waals surface area contributed by atoms with Gasteiger partial charge in [-0.15, -0.1) is 0 Å². The second-order valence-corrected chi connectivity index (χ2v) is 4.42. The third-order valence-corrected chi connectivity index (χ3v) is 3.09. The minimum absolute atomic E-state index is 0.0322. The number of hydrogen-bond acceptors (Lipinski definition) is 3. The molecule has 4 heteroatoms. The van der Waals surface area contributed by atoms with Crippen LogP contribution in [-0.2, 0) is 0 Å². The van der Waals surface area contributed by atoms with E-state index in [0.717, 1.165) is 30.9 Å². The molecule has 1 aromatic rings. The molecule has 0 unspecified atom stereocenters. The van der Waals surface area contributed by atoms with Crippen LogP contribution in [0.5, 0.6) is 5.75 Å². The van der Waals surface area contributed by atoms with Crippen LogP contribution in [0.4, 0.5) is 0 Å². The van der Waals surface area contributed by atoms with Gasteiger partial charge in [0, 0.05) is 31.1 Å². The number of carbonyl (C=O) groups is 1. The Bertz CT molecular complexity index is 414. The molecule has 17 heavy (non-hydrogen) atoms. The van der Waals surface area contributed by atoms with Gasteiger partial charge in [-0.25, -0.2) is 0 Å². The van der Waals surface area contributed by atoms with Crippen LogP contribution >= 0.6 is 0 Å². The molecule has 1 aliphatic heterocycles. The molecule has 0 atom stereocenters. The smallest absolute Gasteiger partial charge is 0.251 e. The molecule has 1 aromatic carbocycles. The third-order valence-electron chi connectivity index (χ3n) is 3.09. The fourth-order valence-corrected chi connectivity index (χ4v) is 1.79. The van der Waals surface area contributed by atoms with Gasteiger partial charge in [-0.3, -0.25) is 4.79 Å². The van der Waals surface area contributed by atoms with Crippen molar-refractivity contribution in [2.75, 3.05) is 26.7 Å². The zero-order valence-electron chi connectivity index (χ0n) is 10.2. The quantitative estimate of drug-likeness (QED) is 0.815. The number of benzene rings is 1. The highest BCUT2D eigenvalue weighted by Crippen LogP contribution is 2.18. The van der Waals surface area contributed by atoms with E-state index in [0.29, 0.717) is 11.5 Å². The first-order valence-electron chi connectivity index (χ1n) is 5.84. The summed E-state index contributed by atoms with van der Waals surface area (Å²) >= 11 is 0. The maximum absolute atomic E-state index is 11.9. The first kappa shape index (κ1) is 11.9. The number of carbonyl (C=O) groups excluding carboxylic acids is 1. The van der Waals surface area contributed by atoms with Gasteiger partial charge < -0.3 is 15.4 Å². The Morgan fingerprint density at radius 1 is 1.53 bits per heavy atom. The van der Waals surface area contributed by atoms with E-state index in [9.17, 15) is 4.79 Å². The van der Waals surface area contributed by atoms with E-state index in [1.54, 1.807) is 13.2 Å². The van der Waals surface area contributed by atoms with Crippen LogP contribution in [0.25, 0.3) is 0 Å². The molecule has 0 radical (unpaired) electrons. The lowest BCUT2D eigenvalue weighted by molar-refractivity contribution is 0.0942. The molecule has 4 nitrogen and oxygen atoms in total. The Labute approximate surface area is 101 Å². The van der Waals surface area contributed by atoms with E-state index in [4.69, 9.17) is 4.74 Å². The van der Waals surface area contributed by atoms with E-state index >= 15 is 0 Å². The second kappa shape index (κ2) is 5.19. The van der Waals surface area contributed by atoms with E-state index < -0.39 is 0 Å². The minimum atomic E-state index is -0.0322. The summed E-state index contributed by atoms with van der Waals surface area (Å²) in [5.41, 5.74) is 1.69. The Kier molecular flexibility index (Phi) is 3.64. The zero-order chi connectivity index (χ0) is 12.3. The van der Waals surface area contributed by atoms with Crippen molar-refractivity contribution < 1.29 is 9.53 Å². The van der Waals surface area contributed by atoms with Gasteiger partial charge in [0.1, 0.15) is 5.75 Å². The highest BCUT2D eigenvalue weighted by atomic mass is 16.5. The summed E-state index contributed by atoms with van der Waals surface area (Å²) in [6, 6.07) is 5.51. The fraction of sp³-hybridized carbons (Fsp3) is 0.462. The van der Waals surface area contributed by atoms with Gasteiger partial charge in [0.05, 0.1) is 7.11 Å². The lowest BCUT2D eigenvalue weighted by Gasteiger charge is -2.27. The van der Waals surface area contributed by atoms with Crippen LogP contribution in [0.15, 0.2) is 18.2 Å². The first-order valence-corrected chi connectivity index (χ1v) is 5.84. The fourth-order valence-electron chi connectivity index (χ4n) is 1.79. The summed E-state index contributed by atoms with van der Waals surface area (Å²) in [6.07, 6.45) is 0. The first-order chi connectivity index (χ1) is 8.20. The van der Waals surface area contributed by atoms with E-state index in [-0.39, 0.29) is 5.91 Å². The standard InChI is InChI=1S/C13H18N2O2/c1-9-3-4-11(5-12(9)17-2)13(16)15-8-10-6-14-7-10/h3-5,10,14H,6-8H2,1-2H3,(H,15,16). The third kappa shape index (κ3) is 2.77. The van der Waals surface area contributed by atoms with Crippen LogP contribution < -0.4 is 15.4 Å². The van der Waals surface area contributed by atoms with Crippen LogP contribution in [0, 0.1) is 12.8 Å². The molecule has 0 aliphatic carbocycles. The Morgan fingerprint density at radius 2 is 2.29 bits per heavy atom. The molecular formula is C13H18N2O2. The zero-order valence-corrected chi connectivity index (χ0v) is 10.2. The highest BCUT2D eigenvalue weighted by molar-refractivity contribution is 5.94. The summed E-state index contributed by atoms with van der Waals surface area (Å²) in [4.78, 5) is 11.9. The van der Waals surface area contributed by atoms with Crippen molar-refractivity contribution in [3.8, 4) is 5.75 Å². The predicted molar refractivity (Wildman–Crippen MR) is 66.4 cm³/mol. The molecule has 0 bridgehead atoms. The summed E-state index contributed by atoms with van der Waals surface area (Å²) in [7, 11) is 1.62. The molecule has 1 amide bonds. The monoisotopic (exact) mass is 234 g/mol. The van der Waals surface area contributed by atoms with E-state index in [2.05, 4.69) is 10.6 Å². The van der Waals surface area contributed by atoms with E-state index in [1.165, 1.54) is 0 Å². The Hall–Kier alpha value is -1.55. The molecular weight excluding hydrogens is 216 g/mol. The molecule has 0 saturated carbocycles. The molecule has 2 rings (SSSR count). The van der Waals surface area contributed by atoms with Gasteiger partial charge in [-0.2, -0.15) is 0 Å². The number of hydrogen-bond donors (Lipinski definition) is 2. The van der Waals surface area contributed by atoms with Crippen molar-refractivity contribution in [1.29, 1.82) is 0 Å². The van der Waals surface area contributed by atoms with Crippen molar-refractivity contribution in [2.24, 2.45) is 5.92 Å². The van der Waals surface area contributed by atoms with Gasteiger partial charge in [-0.1, -0.05) is 6.07 Å². The van der Waals surface area contributed by atoms with Gasteiger partial charge in [0.2, 0.25) is 0 Å². The second-order valence-electron chi connectivity index (χ2n) is 4.42.